The number of nitrogens with one attached hydrogen (secondary N) is 1. The number of carbonyl (C=O) groups is 1. The average Bonchev–Trinajstić information content (AvgIpc) is 2.10. The predicted octanol–water partition coefficient (Wildman–Crippen LogP) is 1.03. The van der Waals surface area contributed by atoms with Crippen molar-refractivity contribution in [3.05, 3.63) is 0 Å². The number of unbranched alkanes of at least 4 members (excludes halogenated alkanes) is 2. The third-order valence-corrected chi connectivity index (χ3v) is 1.86. The van der Waals surface area contributed by atoms with Gasteiger partial charge in [-0.1, -0.05) is 26.7 Å². The first-order valence-electron chi connectivity index (χ1n) is 4.75. The monoisotopic (exact) mass is 172 g/mol. The number of hydrogen-bond donors (Lipinski definition) is 2. The molecule has 0 aromatic carbocycles. The van der Waals surface area contributed by atoms with Gasteiger partial charge in [-0.3, -0.25) is 4.79 Å². The molecule has 1 amide bonds. The van der Waals surface area contributed by atoms with Crippen molar-refractivity contribution < 1.29 is 4.79 Å². The maximum Gasteiger partial charge on any atom is 0.236 e. The van der Waals surface area contributed by atoms with Gasteiger partial charge in [0.25, 0.3) is 0 Å². The van der Waals surface area contributed by atoms with Gasteiger partial charge in [-0.05, 0) is 12.8 Å². The van der Waals surface area contributed by atoms with Crippen molar-refractivity contribution in [1.29, 1.82) is 0 Å². The molecule has 1 unspecified atom stereocenters. The summed E-state index contributed by atoms with van der Waals surface area (Å²) in [5.74, 6) is -0.0198. The molecule has 0 spiro atoms. The fourth-order valence-corrected chi connectivity index (χ4v) is 0.903. The van der Waals surface area contributed by atoms with E-state index in [1.165, 1.54) is 12.8 Å². The third kappa shape index (κ3) is 5.13. The zero-order valence-corrected chi connectivity index (χ0v) is 8.10. The molecule has 0 aliphatic rings. The summed E-state index contributed by atoms with van der Waals surface area (Å²) in [5, 5.41) is 2.80. The maximum atomic E-state index is 11.1. The van der Waals surface area contributed by atoms with Crippen molar-refractivity contribution in [2.24, 2.45) is 5.73 Å². The van der Waals surface area contributed by atoms with Gasteiger partial charge in [0.2, 0.25) is 5.91 Å². The first kappa shape index (κ1) is 11.4. The van der Waals surface area contributed by atoms with E-state index in [0.717, 1.165) is 13.0 Å². The Bertz CT molecular complexity index is 126. The van der Waals surface area contributed by atoms with Crippen LogP contribution in [0.1, 0.15) is 39.5 Å². The van der Waals surface area contributed by atoms with Gasteiger partial charge in [0.15, 0.2) is 0 Å². The molecule has 0 aromatic rings. The Hall–Kier alpha value is -0.570. The molecule has 12 heavy (non-hydrogen) atoms. The summed E-state index contributed by atoms with van der Waals surface area (Å²) in [4.78, 5) is 11.1. The van der Waals surface area contributed by atoms with Crippen molar-refractivity contribution in [2.45, 2.75) is 45.6 Å². The highest BCUT2D eigenvalue weighted by atomic mass is 16.2. The molecule has 0 aliphatic heterocycles. The molecular weight excluding hydrogens is 152 g/mol. The summed E-state index contributed by atoms with van der Waals surface area (Å²) in [6, 6.07) is -0.327. The zero-order valence-electron chi connectivity index (χ0n) is 8.10. The molecule has 3 nitrogen and oxygen atoms in total. The van der Waals surface area contributed by atoms with Crippen LogP contribution in [0.25, 0.3) is 0 Å². The minimum atomic E-state index is -0.327. The van der Waals surface area contributed by atoms with E-state index < -0.39 is 0 Å². The lowest BCUT2D eigenvalue weighted by atomic mass is 10.2. The molecule has 0 fully saturated rings. The normalized spacial score (nSPS) is 12.6. The molecule has 1 atom stereocenters. The van der Waals surface area contributed by atoms with Crippen LogP contribution in [0, 0.1) is 0 Å². The van der Waals surface area contributed by atoms with Crippen LogP contribution in [0.4, 0.5) is 0 Å². The van der Waals surface area contributed by atoms with Gasteiger partial charge >= 0.3 is 0 Å². The van der Waals surface area contributed by atoms with Crippen molar-refractivity contribution in [2.75, 3.05) is 6.54 Å². The predicted molar refractivity (Wildman–Crippen MR) is 50.8 cm³/mol. The molecule has 0 saturated heterocycles. The van der Waals surface area contributed by atoms with Gasteiger partial charge < -0.3 is 11.1 Å². The van der Waals surface area contributed by atoms with Crippen molar-refractivity contribution in [3.63, 3.8) is 0 Å². The second-order valence-electron chi connectivity index (χ2n) is 3.01. The number of nitrogens with two attached hydrogens (primary N) is 1. The summed E-state index contributed by atoms with van der Waals surface area (Å²) in [5.41, 5.74) is 5.52. The standard InChI is InChI=1S/C9H20N2O/c1-3-5-6-7-11-9(12)8(10)4-2/h8H,3-7,10H2,1-2H3,(H,11,12). The summed E-state index contributed by atoms with van der Waals surface area (Å²) in [6.07, 6.45) is 4.11. The molecule has 0 radical (unpaired) electrons. The van der Waals surface area contributed by atoms with Crippen molar-refractivity contribution in [3.8, 4) is 0 Å². The van der Waals surface area contributed by atoms with Crippen molar-refractivity contribution >= 4 is 5.91 Å². The highest BCUT2D eigenvalue weighted by molar-refractivity contribution is 5.81. The number of amides is 1. The van der Waals surface area contributed by atoms with Gasteiger partial charge in [0.1, 0.15) is 0 Å². The van der Waals surface area contributed by atoms with Crippen LogP contribution < -0.4 is 11.1 Å². The lowest BCUT2D eigenvalue weighted by molar-refractivity contribution is -0.122. The lowest BCUT2D eigenvalue weighted by Gasteiger charge is -2.09. The summed E-state index contributed by atoms with van der Waals surface area (Å²) in [6.45, 7) is 4.82. The van der Waals surface area contributed by atoms with Gasteiger partial charge in [0.05, 0.1) is 6.04 Å². The highest BCUT2D eigenvalue weighted by Gasteiger charge is 2.08. The summed E-state index contributed by atoms with van der Waals surface area (Å²) in [7, 11) is 0. The van der Waals surface area contributed by atoms with Crippen LogP contribution in [0.15, 0.2) is 0 Å². The molecule has 0 aliphatic carbocycles. The fourth-order valence-electron chi connectivity index (χ4n) is 0.903. The van der Waals surface area contributed by atoms with Gasteiger partial charge in [-0.15, -0.1) is 0 Å². The quantitative estimate of drug-likeness (QED) is 0.588. The smallest absolute Gasteiger partial charge is 0.236 e. The lowest BCUT2D eigenvalue weighted by Crippen LogP contribution is -2.40. The SMILES string of the molecule is CCCCCNC(=O)C(N)CC. The van der Waals surface area contributed by atoms with Crippen LogP contribution in [-0.2, 0) is 4.79 Å². The van der Waals surface area contributed by atoms with Gasteiger partial charge in [-0.2, -0.15) is 0 Å². The summed E-state index contributed by atoms with van der Waals surface area (Å²) >= 11 is 0. The Morgan fingerprint density at radius 3 is 2.58 bits per heavy atom. The molecule has 0 bridgehead atoms. The molecule has 0 saturated carbocycles. The van der Waals surface area contributed by atoms with E-state index in [1.807, 2.05) is 6.92 Å². The van der Waals surface area contributed by atoms with E-state index in [4.69, 9.17) is 5.73 Å². The minimum absolute atomic E-state index is 0.0198. The first-order chi connectivity index (χ1) is 5.72. The Kier molecular flexibility index (Phi) is 6.76. The highest BCUT2D eigenvalue weighted by Crippen LogP contribution is 1.92. The van der Waals surface area contributed by atoms with Gasteiger partial charge in [-0.25, -0.2) is 0 Å². The molecule has 0 rings (SSSR count). The maximum absolute atomic E-state index is 11.1. The largest absolute Gasteiger partial charge is 0.355 e. The Balaban J connectivity index is 3.31. The van der Waals surface area contributed by atoms with Crippen LogP contribution in [-0.4, -0.2) is 18.5 Å². The Morgan fingerprint density at radius 1 is 1.42 bits per heavy atom. The second-order valence-corrected chi connectivity index (χ2v) is 3.01. The summed E-state index contributed by atoms with van der Waals surface area (Å²) < 4.78 is 0. The van der Waals surface area contributed by atoms with Crippen LogP contribution in [0.2, 0.25) is 0 Å². The minimum Gasteiger partial charge on any atom is -0.355 e. The Labute approximate surface area is 74.7 Å². The van der Waals surface area contributed by atoms with Crippen LogP contribution in [0.3, 0.4) is 0 Å². The molecule has 3 heteroatoms. The number of carbonyl (C=O) groups excluding carboxylic acids is 1. The van der Waals surface area contributed by atoms with Gasteiger partial charge in [0, 0.05) is 6.54 Å². The van der Waals surface area contributed by atoms with E-state index in [-0.39, 0.29) is 11.9 Å². The van der Waals surface area contributed by atoms with E-state index in [2.05, 4.69) is 12.2 Å². The first-order valence-corrected chi connectivity index (χ1v) is 4.75. The molecule has 3 N–H and O–H groups in total. The zero-order chi connectivity index (χ0) is 9.40. The van der Waals surface area contributed by atoms with E-state index in [1.54, 1.807) is 0 Å². The van der Waals surface area contributed by atoms with Crippen molar-refractivity contribution in [1.82, 2.24) is 5.32 Å². The molecule has 0 heterocycles. The molecular formula is C9H20N2O. The topological polar surface area (TPSA) is 55.1 Å². The molecule has 72 valence electrons. The van der Waals surface area contributed by atoms with Crippen LogP contribution in [0.5, 0.6) is 0 Å². The van der Waals surface area contributed by atoms with Crippen LogP contribution >= 0.6 is 0 Å². The number of rotatable bonds is 6. The van der Waals surface area contributed by atoms with E-state index in [0.29, 0.717) is 6.42 Å². The fraction of sp³-hybridized carbons (Fsp3) is 0.889. The third-order valence-electron chi connectivity index (χ3n) is 1.86. The number of hydrogen-bond acceptors (Lipinski definition) is 2. The van der Waals surface area contributed by atoms with E-state index >= 15 is 0 Å². The Morgan fingerprint density at radius 2 is 2.08 bits per heavy atom. The molecule has 0 aromatic heterocycles. The van der Waals surface area contributed by atoms with E-state index in [9.17, 15) is 4.79 Å². The average molecular weight is 172 g/mol. The second kappa shape index (κ2) is 7.10.